The number of benzene rings is 3. The Kier molecular flexibility index (Phi) is 7.35. The van der Waals surface area contributed by atoms with Crippen LogP contribution in [0, 0.1) is 0 Å². The third-order valence-electron chi connectivity index (χ3n) is 7.71. The summed E-state index contributed by atoms with van der Waals surface area (Å²) < 4.78 is 24.9. The highest BCUT2D eigenvalue weighted by Gasteiger charge is 2.25. The fraction of sp³-hybridized carbons (Fsp3) is 0.375. The zero-order valence-electron chi connectivity index (χ0n) is 21.9. The number of halogens is 1. The van der Waals surface area contributed by atoms with E-state index >= 15 is 0 Å². The number of alkyl halides is 1. The van der Waals surface area contributed by atoms with Gasteiger partial charge >= 0.3 is 0 Å². The first-order valence-corrected chi connectivity index (χ1v) is 14.7. The van der Waals surface area contributed by atoms with Gasteiger partial charge in [0.25, 0.3) is 0 Å². The van der Waals surface area contributed by atoms with Gasteiger partial charge in [-0.2, -0.15) is 0 Å². The lowest BCUT2D eigenvalue weighted by atomic mass is 9.87. The first-order chi connectivity index (χ1) is 18.6. The number of likely N-dealkylation sites (tertiary alicyclic amines) is 1. The molecule has 0 bridgehead atoms. The maximum absolute atomic E-state index is 12.6. The van der Waals surface area contributed by atoms with E-state index in [1.165, 1.54) is 38.3 Å². The monoisotopic (exact) mass is 530 g/mol. The van der Waals surface area contributed by atoms with Crippen molar-refractivity contribution in [1.82, 2.24) is 4.90 Å². The van der Waals surface area contributed by atoms with Gasteiger partial charge < -0.3 is 15.2 Å². The molecule has 0 spiro atoms. The maximum atomic E-state index is 12.6. The van der Waals surface area contributed by atoms with Crippen LogP contribution in [0.5, 0.6) is 11.5 Å². The van der Waals surface area contributed by atoms with Crippen LogP contribution in [0.1, 0.15) is 48.4 Å². The van der Waals surface area contributed by atoms with Gasteiger partial charge in [0.15, 0.2) is 0 Å². The summed E-state index contributed by atoms with van der Waals surface area (Å²) in [5, 5.41) is 0. The molecule has 0 radical (unpaired) electrons. The Balaban J connectivity index is 1.34. The molecular weight excluding hydrogens is 495 g/mol. The fourth-order valence-corrected chi connectivity index (χ4v) is 6.99. The lowest BCUT2D eigenvalue weighted by molar-refractivity contribution is 0.198. The van der Waals surface area contributed by atoms with E-state index in [0.29, 0.717) is 6.42 Å². The van der Waals surface area contributed by atoms with Gasteiger partial charge in [0, 0.05) is 42.4 Å². The summed E-state index contributed by atoms with van der Waals surface area (Å²) in [5.41, 5.74) is 14.6. The minimum Gasteiger partial charge on any atom is -0.490 e. The highest BCUT2D eigenvalue weighted by molar-refractivity contribution is 7.99. The molecule has 0 unspecified atom stereocenters. The molecule has 0 amide bonds. The second-order valence-corrected chi connectivity index (χ2v) is 11.7. The lowest BCUT2D eigenvalue weighted by Gasteiger charge is -2.19. The van der Waals surface area contributed by atoms with Crippen LogP contribution in [-0.2, 0) is 6.42 Å². The molecule has 6 heteroatoms. The number of anilines is 1. The molecule has 38 heavy (non-hydrogen) atoms. The van der Waals surface area contributed by atoms with Crippen LogP contribution >= 0.6 is 11.8 Å². The first-order valence-electron chi connectivity index (χ1n) is 13.7. The Morgan fingerprint density at radius 2 is 1.92 bits per heavy atom. The maximum Gasteiger partial charge on any atom is 0.123 e. The van der Waals surface area contributed by atoms with Gasteiger partial charge in [-0.25, -0.2) is 0 Å². The van der Waals surface area contributed by atoms with Crippen LogP contribution in [0.3, 0.4) is 0 Å². The zero-order chi connectivity index (χ0) is 26.1. The molecule has 2 N–H and O–H groups in total. The molecule has 198 valence electrons. The third kappa shape index (κ3) is 5.29. The van der Waals surface area contributed by atoms with Crippen molar-refractivity contribution in [3.05, 3.63) is 82.9 Å². The number of rotatable bonds is 7. The summed E-state index contributed by atoms with van der Waals surface area (Å²) in [5.74, 6) is 2.90. The first kappa shape index (κ1) is 25.3. The van der Waals surface area contributed by atoms with Crippen molar-refractivity contribution in [3.8, 4) is 11.5 Å². The van der Waals surface area contributed by atoms with Gasteiger partial charge in [0.1, 0.15) is 23.7 Å². The topological polar surface area (TPSA) is 47.7 Å². The summed E-state index contributed by atoms with van der Waals surface area (Å²) in [4.78, 5) is 3.52. The van der Waals surface area contributed by atoms with E-state index in [4.69, 9.17) is 15.2 Å². The van der Waals surface area contributed by atoms with Gasteiger partial charge in [0.05, 0.1) is 6.67 Å². The summed E-state index contributed by atoms with van der Waals surface area (Å²) >= 11 is 1.88. The third-order valence-corrected chi connectivity index (χ3v) is 8.77. The average molecular weight is 531 g/mol. The van der Waals surface area contributed by atoms with Crippen molar-refractivity contribution in [3.63, 3.8) is 0 Å². The van der Waals surface area contributed by atoms with Gasteiger partial charge in [-0.1, -0.05) is 24.3 Å². The molecule has 1 saturated heterocycles. The van der Waals surface area contributed by atoms with Gasteiger partial charge in [0.2, 0.25) is 0 Å². The molecule has 0 saturated carbocycles. The number of ether oxygens (including phenoxy) is 2. The average Bonchev–Trinajstić information content (AvgIpc) is 3.47. The number of thioether (sulfide) groups is 1. The number of nitrogens with two attached hydrogens (primary N) is 1. The number of hydrogen-bond donors (Lipinski definition) is 1. The fourth-order valence-electron chi connectivity index (χ4n) is 5.92. The van der Waals surface area contributed by atoms with Gasteiger partial charge in [-0.05, 0) is 96.0 Å². The van der Waals surface area contributed by atoms with Crippen molar-refractivity contribution < 1.29 is 13.9 Å². The molecule has 4 nitrogen and oxygen atoms in total. The standard InChI is InChI=1S/C32H35FN2O2S/c1-21-17-24-18-23(5-10-30(24)36-21)28-12-16-38-31-19-25(34)6-9-29(31)32(28)22-3-7-26(8-4-22)37-27-11-15-35(20-27)14-2-13-33/h3-10,18-19,21,27H,2,11-17,20,34H2,1H3/t21-,27-/m0/s1. The van der Waals surface area contributed by atoms with Crippen LogP contribution in [-0.4, -0.2) is 49.2 Å². The van der Waals surface area contributed by atoms with Crippen molar-refractivity contribution in [2.24, 2.45) is 0 Å². The molecule has 0 aromatic heterocycles. The predicted octanol–water partition coefficient (Wildman–Crippen LogP) is 6.86. The summed E-state index contributed by atoms with van der Waals surface area (Å²) in [6.45, 7) is 4.52. The van der Waals surface area contributed by atoms with E-state index < -0.39 is 0 Å². The molecule has 2 atom stereocenters. The second-order valence-electron chi connectivity index (χ2n) is 10.6. The number of fused-ring (bicyclic) bond motifs is 2. The predicted molar refractivity (Wildman–Crippen MR) is 155 cm³/mol. The van der Waals surface area contributed by atoms with Crippen LogP contribution < -0.4 is 15.2 Å². The molecule has 3 heterocycles. The van der Waals surface area contributed by atoms with Gasteiger partial charge in [-0.3, -0.25) is 9.29 Å². The minimum atomic E-state index is -0.256. The summed E-state index contributed by atoms with van der Waals surface area (Å²) in [6.07, 6.45) is 3.89. The molecule has 1 fully saturated rings. The largest absolute Gasteiger partial charge is 0.490 e. The Labute approximate surface area is 229 Å². The van der Waals surface area contributed by atoms with E-state index in [9.17, 15) is 4.39 Å². The number of allylic oxidation sites excluding steroid dienone is 1. The zero-order valence-corrected chi connectivity index (χ0v) is 22.7. The Hall–Kier alpha value is -2.96. The van der Waals surface area contributed by atoms with Crippen LogP contribution in [0.15, 0.2) is 65.6 Å². The summed E-state index contributed by atoms with van der Waals surface area (Å²) in [7, 11) is 0. The van der Waals surface area contributed by atoms with Crippen LogP contribution in [0.25, 0.3) is 11.1 Å². The second kappa shape index (κ2) is 11.0. The van der Waals surface area contributed by atoms with Gasteiger partial charge in [-0.15, -0.1) is 11.8 Å². The Morgan fingerprint density at radius 3 is 2.76 bits per heavy atom. The molecule has 0 aliphatic carbocycles. The Bertz CT molecular complexity index is 1340. The number of nitrogen functional groups attached to an aromatic ring is 1. The molecular formula is C32H35FN2O2S. The number of nitrogens with zero attached hydrogens (tertiary/aromatic N) is 1. The van der Waals surface area contributed by atoms with E-state index in [-0.39, 0.29) is 18.9 Å². The SMILES string of the molecule is C[C@H]1Cc2cc(C3=C(c4ccc(O[C@H]5CCN(CCCF)C5)cc4)c4ccc(N)cc4SCC3)ccc2O1. The summed E-state index contributed by atoms with van der Waals surface area (Å²) in [6, 6.07) is 21.5. The van der Waals surface area contributed by atoms with Crippen molar-refractivity contribution >= 4 is 28.6 Å². The van der Waals surface area contributed by atoms with E-state index in [1.807, 2.05) is 17.8 Å². The smallest absolute Gasteiger partial charge is 0.123 e. The normalized spacial score (nSPS) is 21.1. The van der Waals surface area contributed by atoms with E-state index in [2.05, 4.69) is 66.4 Å². The number of hydrogen-bond acceptors (Lipinski definition) is 5. The molecule has 3 aliphatic rings. The minimum absolute atomic E-state index is 0.157. The molecule has 3 aliphatic heterocycles. The Morgan fingerprint density at radius 1 is 1.08 bits per heavy atom. The van der Waals surface area contributed by atoms with Crippen LogP contribution in [0.2, 0.25) is 0 Å². The van der Waals surface area contributed by atoms with Crippen molar-refractivity contribution in [2.75, 3.05) is 37.8 Å². The highest BCUT2D eigenvalue weighted by atomic mass is 32.2. The lowest BCUT2D eigenvalue weighted by Crippen LogP contribution is -2.26. The molecule has 3 aromatic carbocycles. The van der Waals surface area contributed by atoms with E-state index in [0.717, 1.165) is 61.8 Å². The quantitative estimate of drug-likeness (QED) is 0.338. The molecule has 3 aromatic rings. The van der Waals surface area contributed by atoms with Crippen molar-refractivity contribution in [1.29, 1.82) is 0 Å². The van der Waals surface area contributed by atoms with E-state index in [1.54, 1.807) is 0 Å². The van der Waals surface area contributed by atoms with Crippen molar-refractivity contribution in [2.45, 2.75) is 49.7 Å². The van der Waals surface area contributed by atoms with Crippen LogP contribution in [0.4, 0.5) is 10.1 Å². The highest BCUT2D eigenvalue weighted by Crippen LogP contribution is 2.44. The molecule has 6 rings (SSSR count).